The molecule has 118 valence electrons. The maximum atomic E-state index is 12.1. The summed E-state index contributed by atoms with van der Waals surface area (Å²) in [6.45, 7) is 0.268. The lowest BCUT2D eigenvalue weighted by atomic mass is 10.2. The minimum absolute atomic E-state index is 0.105. The zero-order valence-electron chi connectivity index (χ0n) is 11.2. The Labute approximate surface area is 138 Å². The predicted octanol–water partition coefficient (Wildman–Crippen LogP) is 3.11. The zero-order chi connectivity index (χ0) is 16.0. The normalized spacial score (nSPS) is 11.6. The number of aromatic carboxylic acids is 1. The minimum atomic E-state index is -3.86. The number of carboxylic acid groups (broad SMARTS) is 1. The first-order valence-corrected chi connectivity index (χ1v) is 9.64. The summed E-state index contributed by atoms with van der Waals surface area (Å²) in [6.07, 6.45) is 3.56. The second-order valence-electron chi connectivity index (χ2n) is 4.14. The summed E-state index contributed by atoms with van der Waals surface area (Å²) in [5.74, 6) is -0.422. The zero-order valence-corrected chi connectivity index (χ0v) is 14.4. The average molecular weight is 372 g/mol. The molecule has 1 rings (SSSR count). The fourth-order valence-electron chi connectivity index (χ4n) is 1.59. The van der Waals surface area contributed by atoms with E-state index in [1.54, 1.807) is 11.8 Å². The van der Waals surface area contributed by atoms with Crippen molar-refractivity contribution >= 4 is 51.0 Å². The molecule has 2 N–H and O–H groups in total. The smallest absolute Gasteiger partial charge is 0.338 e. The van der Waals surface area contributed by atoms with E-state index in [0.717, 1.165) is 12.2 Å². The number of hydrogen-bond donors (Lipinski definition) is 2. The van der Waals surface area contributed by atoms with Crippen LogP contribution >= 0.6 is 35.0 Å². The van der Waals surface area contributed by atoms with Gasteiger partial charge in [-0.2, -0.15) is 11.8 Å². The van der Waals surface area contributed by atoms with Gasteiger partial charge in [0, 0.05) is 6.54 Å². The number of sulfonamides is 1. The van der Waals surface area contributed by atoms with Crippen LogP contribution < -0.4 is 4.72 Å². The van der Waals surface area contributed by atoms with Crippen molar-refractivity contribution in [3.8, 4) is 0 Å². The number of nitrogens with one attached hydrogen (secondary N) is 1. The van der Waals surface area contributed by atoms with Crippen molar-refractivity contribution in [3.05, 3.63) is 27.7 Å². The van der Waals surface area contributed by atoms with Crippen LogP contribution in [0.2, 0.25) is 10.0 Å². The minimum Gasteiger partial charge on any atom is -0.478 e. The van der Waals surface area contributed by atoms with Gasteiger partial charge in [0.25, 0.3) is 0 Å². The molecule has 0 aliphatic carbocycles. The number of carboxylic acids is 1. The predicted molar refractivity (Wildman–Crippen MR) is 86.2 cm³/mol. The molecule has 0 saturated carbocycles. The highest BCUT2D eigenvalue weighted by molar-refractivity contribution is 7.98. The van der Waals surface area contributed by atoms with Crippen molar-refractivity contribution in [3.63, 3.8) is 0 Å². The molecule has 0 fully saturated rings. The van der Waals surface area contributed by atoms with Gasteiger partial charge in [-0.15, -0.1) is 0 Å². The van der Waals surface area contributed by atoms with E-state index in [1.165, 1.54) is 12.1 Å². The monoisotopic (exact) mass is 371 g/mol. The molecule has 0 radical (unpaired) electrons. The summed E-state index contributed by atoms with van der Waals surface area (Å²) < 4.78 is 26.7. The lowest BCUT2D eigenvalue weighted by Gasteiger charge is -2.10. The highest BCUT2D eigenvalue weighted by Crippen LogP contribution is 2.30. The Morgan fingerprint density at radius 2 is 2.00 bits per heavy atom. The first kappa shape index (κ1) is 18.6. The number of halogens is 2. The van der Waals surface area contributed by atoms with Crippen molar-refractivity contribution in [2.45, 2.75) is 17.7 Å². The largest absolute Gasteiger partial charge is 0.478 e. The van der Waals surface area contributed by atoms with Crippen LogP contribution in [0.25, 0.3) is 0 Å². The topological polar surface area (TPSA) is 83.5 Å². The Morgan fingerprint density at radius 1 is 1.33 bits per heavy atom. The number of unbranched alkanes of at least 4 members (excludes halogenated alkanes) is 1. The van der Waals surface area contributed by atoms with Crippen LogP contribution in [0.15, 0.2) is 17.0 Å². The summed E-state index contributed by atoms with van der Waals surface area (Å²) >= 11 is 13.3. The Kier molecular flexibility index (Phi) is 7.29. The highest BCUT2D eigenvalue weighted by atomic mass is 35.5. The van der Waals surface area contributed by atoms with Crippen molar-refractivity contribution in [1.82, 2.24) is 4.72 Å². The SMILES string of the molecule is CSCCCCNS(=O)(=O)c1ccc(Cl)c(C(=O)O)c1Cl. The van der Waals surface area contributed by atoms with Gasteiger partial charge in [-0.05, 0) is 37.0 Å². The Balaban J connectivity index is 2.94. The lowest BCUT2D eigenvalue weighted by molar-refractivity contribution is 0.0697. The first-order valence-electron chi connectivity index (χ1n) is 6.01. The van der Waals surface area contributed by atoms with Crippen LogP contribution in [0.3, 0.4) is 0 Å². The third kappa shape index (κ3) is 5.03. The van der Waals surface area contributed by atoms with Gasteiger partial charge in [0.15, 0.2) is 0 Å². The van der Waals surface area contributed by atoms with Gasteiger partial charge in [-0.25, -0.2) is 17.9 Å². The maximum absolute atomic E-state index is 12.1. The number of carbonyl (C=O) groups is 1. The summed E-state index contributed by atoms with van der Waals surface area (Å²) in [5, 5.41) is 8.54. The lowest BCUT2D eigenvalue weighted by Crippen LogP contribution is -2.25. The summed E-state index contributed by atoms with van der Waals surface area (Å²) in [4.78, 5) is 10.8. The average Bonchev–Trinajstić information content (AvgIpc) is 2.37. The maximum Gasteiger partial charge on any atom is 0.338 e. The van der Waals surface area contributed by atoms with Crippen molar-refractivity contribution in [2.24, 2.45) is 0 Å². The van der Waals surface area contributed by atoms with Gasteiger partial charge in [0.2, 0.25) is 10.0 Å². The van der Waals surface area contributed by atoms with Gasteiger partial charge >= 0.3 is 5.97 Å². The number of rotatable bonds is 8. The van der Waals surface area contributed by atoms with E-state index in [4.69, 9.17) is 28.3 Å². The number of hydrogen-bond acceptors (Lipinski definition) is 4. The Bertz CT molecular complexity index is 620. The Morgan fingerprint density at radius 3 is 2.57 bits per heavy atom. The second kappa shape index (κ2) is 8.24. The molecule has 0 spiro atoms. The molecular formula is C12H15Cl2NO4S2. The van der Waals surface area contributed by atoms with Crippen LogP contribution in [-0.4, -0.2) is 38.0 Å². The third-order valence-corrected chi connectivity index (χ3v) is 5.65. The van der Waals surface area contributed by atoms with Gasteiger partial charge in [-0.1, -0.05) is 23.2 Å². The van der Waals surface area contributed by atoms with Crippen LogP contribution in [0.1, 0.15) is 23.2 Å². The van der Waals surface area contributed by atoms with E-state index in [9.17, 15) is 13.2 Å². The van der Waals surface area contributed by atoms with E-state index >= 15 is 0 Å². The van der Waals surface area contributed by atoms with Crippen LogP contribution in [0, 0.1) is 0 Å². The molecule has 1 aromatic carbocycles. The quantitative estimate of drug-likeness (QED) is 0.685. The summed E-state index contributed by atoms with van der Waals surface area (Å²) in [5.41, 5.74) is -0.413. The molecule has 0 aliphatic rings. The molecule has 0 aromatic heterocycles. The van der Waals surface area contributed by atoms with Crippen LogP contribution in [0.4, 0.5) is 0 Å². The van der Waals surface area contributed by atoms with E-state index in [1.807, 2.05) is 6.26 Å². The molecule has 0 amide bonds. The summed E-state index contributed by atoms with van der Waals surface area (Å²) in [7, 11) is -3.86. The van der Waals surface area contributed by atoms with E-state index < -0.39 is 21.6 Å². The Hall–Kier alpha value is -0.470. The van der Waals surface area contributed by atoms with E-state index in [0.29, 0.717) is 6.42 Å². The summed E-state index contributed by atoms with van der Waals surface area (Å²) in [6, 6.07) is 2.40. The van der Waals surface area contributed by atoms with Gasteiger partial charge in [-0.3, -0.25) is 0 Å². The molecule has 1 aromatic rings. The van der Waals surface area contributed by atoms with Crippen LogP contribution in [-0.2, 0) is 10.0 Å². The van der Waals surface area contributed by atoms with E-state index in [2.05, 4.69) is 4.72 Å². The van der Waals surface area contributed by atoms with Crippen LogP contribution in [0.5, 0.6) is 0 Å². The van der Waals surface area contributed by atoms with Crippen molar-refractivity contribution in [2.75, 3.05) is 18.6 Å². The van der Waals surface area contributed by atoms with Gasteiger partial charge in [0.1, 0.15) is 4.90 Å². The number of benzene rings is 1. The molecule has 0 unspecified atom stereocenters. The number of thioether (sulfide) groups is 1. The third-order valence-electron chi connectivity index (χ3n) is 2.63. The van der Waals surface area contributed by atoms with Gasteiger partial charge in [0.05, 0.1) is 15.6 Å². The second-order valence-corrected chi connectivity index (χ2v) is 7.64. The first-order chi connectivity index (χ1) is 9.81. The van der Waals surface area contributed by atoms with E-state index in [-0.39, 0.29) is 21.5 Å². The molecule has 5 nitrogen and oxygen atoms in total. The van der Waals surface area contributed by atoms with Gasteiger partial charge < -0.3 is 5.11 Å². The fourth-order valence-corrected chi connectivity index (χ4v) is 4.08. The molecule has 0 atom stereocenters. The molecule has 21 heavy (non-hydrogen) atoms. The standard InChI is InChI=1S/C12H15Cl2NO4S2/c1-20-7-3-2-6-15-21(18,19)9-5-4-8(13)10(11(9)14)12(16)17/h4-5,15H,2-3,6-7H2,1H3,(H,16,17). The fraction of sp³-hybridized carbons (Fsp3) is 0.417. The highest BCUT2D eigenvalue weighted by Gasteiger charge is 2.24. The molecule has 0 aliphatic heterocycles. The molecule has 9 heteroatoms. The van der Waals surface area contributed by atoms with Crippen molar-refractivity contribution < 1.29 is 18.3 Å². The molecule has 0 bridgehead atoms. The molecule has 0 heterocycles. The molecule has 0 saturated heterocycles. The van der Waals surface area contributed by atoms with Crippen molar-refractivity contribution in [1.29, 1.82) is 0 Å². The molecular weight excluding hydrogens is 357 g/mol.